The highest BCUT2D eigenvalue weighted by Crippen LogP contribution is 2.17. The van der Waals surface area contributed by atoms with Crippen molar-refractivity contribution in [2.45, 2.75) is 25.1 Å². The molecule has 0 radical (unpaired) electrons. The maximum absolute atomic E-state index is 13.5. The third kappa shape index (κ3) is 3.57. The number of hydrogen-bond acceptors (Lipinski definition) is 3. The van der Waals surface area contributed by atoms with Crippen LogP contribution in [0.1, 0.15) is 21.5 Å². The van der Waals surface area contributed by atoms with Gasteiger partial charge in [0, 0.05) is 19.1 Å². The number of nitrogens with one attached hydrogen (secondary N) is 2. The zero-order valence-electron chi connectivity index (χ0n) is 12.6. The first-order chi connectivity index (χ1) is 11.1. The summed E-state index contributed by atoms with van der Waals surface area (Å²) >= 11 is 0. The summed E-state index contributed by atoms with van der Waals surface area (Å²) < 4.78 is 13.5. The van der Waals surface area contributed by atoms with Gasteiger partial charge in [-0.15, -0.1) is 0 Å². The largest absolute Gasteiger partial charge is 0.390 e. The highest BCUT2D eigenvalue weighted by atomic mass is 19.1. The van der Waals surface area contributed by atoms with E-state index in [-0.39, 0.29) is 18.2 Å². The van der Waals surface area contributed by atoms with Crippen LogP contribution in [-0.4, -0.2) is 29.7 Å². The fraction of sp³-hybridized carbons (Fsp3) is 0.278. The quantitative estimate of drug-likeness (QED) is 0.804. The molecular weight excluding hydrogens is 295 g/mol. The summed E-state index contributed by atoms with van der Waals surface area (Å²) in [5.74, 6) is -1.08. The minimum absolute atomic E-state index is 0.0124. The first-order valence-electron chi connectivity index (χ1n) is 7.66. The summed E-state index contributed by atoms with van der Waals surface area (Å²) in [4.78, 5) is 12.0. The minimum Gasteiger partial charge on any atom is -0.390 e. The monoisotopic (exact) mass is 314 g/mol. The molecule has 120 valence electrons. The molecule has 0 aliphatic carbocycles. The van der Waals surface area contributed by atoms with Gasteiger partial charge in [0.1, 0.15) is 5.82 Å². The summed E-state index contributed by atoms with van der Waals surface area (Å²) in [5, 5.41) is 16.2. The van der Waals surface area contributed by atoms with E-state index < -0.39 is 17.8 Å². The molecule has 0 saturated heterocycles. The Bertz CT molecular complexity index is 705. The second-order valence-electron chi connectivity index (χ2n) is 5.72. The maximum Gasteiger partial charge on any atom is 0.254 e. The normalized spacial score (nSPS) is 18.1. The maximum atomic E-state index is 13.5. The number of carbonyl (C=O) groups excluding carboxylic acids is 1. The van der Waals surface area contributed by atoms with Crippen molar-refractivity contribution in [1.29, 1.82) is 0 Å². The van der Waals surface area contributed by atoms with Crippen LogP contribution in [0.25, 0.3) is 0 Å². The summed E-state index contributed by atoms with van der Waals surface area (Å²) in [5.41, 5.74) is 2.42. The van der Waals surface area contributed by atoms with Crippen LogP contribution in [0, 0.1) is 5.82 Å². The van der Waals surface area contributed by atoms with Gasteiger partial charge < -0.3 is 15.7 Å². The lowest BCUT2D eigenvalue weighted by molar-refractivity contribution is 0.0866. The minimum atomic E-state index is -0.737. The highest BCUT2D eigenvalue weighted by Gasteiger charge is 2.24. The van der Waals surface area contributed by atoms with Gasteiger partial charge >= 0.3 is 0 Å². The van der Waals surface area contributed by atoms with E-state index in [9.17, 15) is 14.3 Å². The Balaban J connectivity index is 1.57. The van der Waals surface area contributed by atoms with E-state index in [0.717, 1.165) is 0 Å². The van der Waals surface area contributed by atoms with Crippen LogP contribution in [0.4, 0.5) is 4.39 Å². The van der Waals surface area contributed by atoms with Crippen molar-refractivity contribution in [1.82, 2.24) is 10.6 Å². The number of hydrogen-bond donors (Lipinski definition) is 3. The molecule has 5 heteroatoms. The van der Waals surface area contributed by atoms with Crippen LogP contribution in [0.15, 0.2) is 48.5 Å². The second kappa shape index (κ2) is 6.89. The van der Waals surface area contributed by atoms with Gasteiger partial charge in [-0.2, -0.15) is 0 Å². The summed E-state index contributed by atoms with van der Waals surface area (Å²) in [7, 11) is 0. The van der Waals surface area contributed by atoms with E-state index in [1.807, 2.05) is 18.2 Å². The number of aliphatic hydroxyl groups excluding tert-OH is 1. The molecule has 23 heavy (non-hydrogen) atoms. The first kappa shape index (κ1) is 15.6. The standard InChI is InChI=1S/C18H19FN2O2/c19-15-8-4-3-7-14(15)18(23)21-11-17(22)16-9-12-5-1-2-6-13(12)10-20-16/h1-8,16-17,20,22H,9-11H2,(H,21,23)/t16-,17+/m0/s1. The Labute approximate surface area is 134 Å². The molecule has 0 unspecified atom stereocenters. The molecule has 4 nitrogen and oxygen atoms in total. The number of fused-ring (bicyclic) bond motifs is 1. The van der Waals surface area contributed by atoms with Gasteiger partial charge in [0.25, 0.3) is 5.91 Å². The zero-order chi connectivity index (χ0) is 16.2. The molecular formula is C18H19FN2O2. The Kier molecular flexibility index (Phi) is 4.69. The first-order valence-corrected chi connectivity index (χ1v) is 7.66. The number of aliphatic hydroxyl groups is 1. The van der Waals surface area contributed by atoms with Crippen LogP contribution in [0.3, 0.4) is 0 Å². The molecule has 2 aromatic rings. The lowest BCUT2D eigenvalue weighted by Gasteiger charge is -2.30. The van der Waals surface area contributed by atoms with Crippen LogP contribution >= 0.6 is 0 Å². The average Bonchev–Trinajstić information content (AvgIpc) is 2.59. The van der Waals surface area contributed by atoms with Gasteiger partial charge in [-0.3, -0.25) is 4.79 Å². The summed E-state index contributed by atoms with van der Waals surface area (Å²) in [6.07, 6.45) is -0.0357. The predicted octanol–water partition coefficient (Wildman–Crippen LogP) is 1.63. The smallest absolute Gasteiger partial charge is 0.254 e. The zero-order valence-corrected chi connectivity index (χ0v) is 12.6. The van der Waals surface area contributed by atoms with Crippen LogP contribution in [-0.2, 0) is 13.0 Å². The van der Waals surface area contributed by atoms with Gasteiger partial charge in [0.15, 0.2) is 0 Å². The van der Waals surface area contributed by atoms with E-state index in [4.69, 9.17) is 0 Å². The fourth-order valence-corrected chi connectivity index (χ4v) is 2.83. The van der Waals surface area contributed by atoms with Gasteiger partial charge in [-0.05, 0) is 29.7 Å². The number of halogens is 1. The van der Waals surface area contributed by atoms with Crippen molar-refractivity contribution in [3.63, 3.8) is 0 Å². The van der Waals surface area contributed by atoms with E-state index in [2.05, 4.69) is 16.7 Å². The molecule has 2 atom stereocenters. The third-order valence-electron chi connectivity index (χ3n) is 4.17. The van der Waals surface area contributed by atoms with E-state index in [0.29, 0.717) is 13.0 Å². The summed E-state index contributed by atoms with van der Waals surface area (Å²) in [6.45, 7) is 0.770. The Morgan fingerprint density at radius 3 is 2.70 bits per heavy atom. The van der Waals surface area contributed by atoms with Crippen molar-refractivity contribution in [2.75, 3.05) is 6.54 Å². The van der Waals surface area contributed by atoms with Crippen molar-refractivity contribution < 1.29 is 14.3 Å². The molecule has 1 aliphatic rings. The number of amides is 1. The fourth-order valence-electron chi connectivity index (χ4n) is 2.83. The van der Waals surface area contributed by atoms with Crippen molar-refractivity contribution in [3.05, 3.63) is 71.0 Å². The highest BCUT2D eigenvalue weighted by molar-refractivity contribution is 5.94. The molecule has 0 bridgehead atoms. The SMILES string of the molecule is O=C(NC[C@@H](O)[C@@H]1Cc2ccccc2CN1)c1ccccc1F. The van der Waals surface area contributed by atoms with Gasteiger partial charge in [0.2, 0.25) is 0 Å². The topological polar surface area (TPSA) is 61.4 Å². The Morgan fingerprint density at radius 2 is 1.91 bits per heavy atom. The van der Waals surface area contributed by atoms with E-state index in [1.54, 1.807) is 6.07 Å². The molecule has 1 heterocycles. The lowest BCUT2D eigenvalue weighted by atomic mass is 9.93. The molecule has 3 rings (SSSR count). The van der Waals surface area contributed by atoms with Crippen LogP contribution in [0.2, 0.25) is 0 Å². The van der Waals surface area contributed by atoms with E-state index in [1.165, 1.54) is 29.3 Å². The number of benzene rings is 2. The number of rotatable bonds is 4. The van der Waals surface area contributed by atoms with Crippen molar-refractivity contribution >= 4 is 5.91 Å². The third-order valence-corrected chi connectivity index (χ3v) is 4.17. The van der Waals surface area contributed by atoms with E-state index >= 15 is 0 Å². The van der Waals surface area contributed by atoms with Gasteiger partial charge in [-0.1, -0.05) is 36.4 Å². The Hall–Kier alpha value is -2.24. The second-order valence-corrected chi connectivity index (χ2v) is 5.72. The van der Waals surface area contributed by atoms with Crippen LogP contribution < -0.4 is 10.6 Å². The molecule has 0 saturated carbocycles. The molecule has 0 spiro atoms. The van der Waals surface area contributed by atoms with Gasteiger partial charge in [-0.25, -0.2) is 4.39 Å². The molecule has 0 aromatic heterocycles. The predicted molar refractivity (Wildman–Crippen MR) is 85.5 cm³/mol. The Morgan fingerprint density at radius 1 is 1.22 bits per heavy atom. The van der Waals surface area contributed by atoms with Crippen molar-refractivity contribution in [2.24, 2.45) is 0 Å². The van der Waals surface area contributed by atoms with Crippen LogP contribution in [0.5, 0.6) is 0 Å². The lowest BCUT2D eigenvalue weighted by Crippen LogP contribution is -2.49. The molecule has 2 aromatic carbocycles. The molecule has 3 N–H and O–H groups in total. The molecule has 1 aliphatic heterocycles. The van der Waals surface area contributed by atoms with Crippen molar-refractivity contribution in [3.8, 4) is 0 Å². The summed E-state index contributed by atoms with van der Waals surface area (Å²) in [6, 6.07) is 13.7. The average molecular weight is 314 g/mol. The molecule has 1 amide bonds. The number of carbonyl (C=O) groups is 1. The van der Waals surface area contributed by atoms with Gasteiger partial charge in [0.05, 0.1) is 11.7 Å². The molecule has 0 fully saturated rings.